The first-order chi connectivity index (χ1) is 39.0. The maximum atomic E-state index is 12.9. The van der Waals surface area contributed by atoms with Gasteiger partial charge in [0.1, 0.15) is 19.8 Å². The van der Waals surface area contributed by atoms with Crippen LogP contribution in [0.25, 0.3) is 0 Å². The Bertz CT molecular complexity index is 1490. The van der Waals surface area contributed by atoms with Gasteiger partial charge in [-0.15, -0.1) is 0 Å². The third kappa shape index (κ3) is 65.1. The van der Waals surface area contributed by atoms with E-state index in [9.17, 15) is 19.0 Å². The van der Waals surface area contributed by atoms with Gasteiger partial charge < -0.3 is 18.9 Å². The summed E-state index contributed by atoms with van der Waals surface area (Å²) in [5.74, 6) is -0.792. The first kappa shape index (κ1) is 78.0. The van der Waals surface area contributed by atoms with Crippen LogP contribution < -0.4 is 0 Å². The molecule has 0 radical (unpaired) electrons. The Morgan fingerprint density at radius 3 is 1.01 bits per heavy atom. The molecule has 470 valence electrons. The molecule has 0 saturated heterocycles. The average molecular weight is 1150 g/mol. The van der Waals surface area contributed by atoms with E-state index in [1.54, 1.807) is 0 Å². The van der Waals surface area contributed by atoms with Crippen molar-refractivity contribution in [3.05, 3.63) is 48.6 Å². The maximum Gasteiger partial charge on any atom is 0.472 e. The standard InChI is InChI=1S/C70H132NO8P/c1-6-8-10-12-14-16-18-20-22-24-25-26-27-28-29-30-31-32-33-34-35-36-37-38-39-40-41-42-43-44-45-47-49-51-53-55-57-59-61-63-70(73)79-68(67-78-80(74,75)77-65-64-71(3,4)5)66-76-69(72)62-60-58-56-54-52-50-48-46-23-21-19-17-15-13-11-9-7-2/h15,17-18,20-21,23-25,68H,6-14,16,19,22,26-67H2,1-5H3/p+1/b17-15-,20-18-,23-21-,25-24-. The zero-order valence-corrected chi connectivity index (χ0v) is 54.5. The quantitative estimate of drug-likeness (QED) is 0.0211. The van der Waals surface area contributed by atoms with Gasteiger partial charge in [0, 0.05) is 12.8 Å². The second-order valence-electron chi connectivity index (χ2n) is 24.6. The molecule has 0 bridgehead atoms. The summed E-state index contributed by atoms with van der Waals surface area (Å²) in [6.07, 6.45) is 79.4. The minimum atomic E-state index is -4.39. The van der Waals surface area contributed by atoms with Gasteiger partial charge in [0.05, 0.1) is 27.7 Å². The van der Waals surface area contributed by atoms with Gasteiger partial charge >= 0.3 is 19.8 Å². The van der Waals surface area contributed by atoms with Crippen LogP contribution in [0.1, 0.15) is 335 Å². The highest BCUT2D eigenvalue weighted by Crippen LogP contribution is 2.43. The van der Waals surface area contributed by atoms with Crippen LogP contribution in [0.5, 0.6) is 0 Å². The zero-order chi connectivity index (χ0) is 58.4. The first-order valence-electron chi connectivity index (χ1n) is 34.4. The lowest BCUT2D eigenvalue weighted by Crippen LogP contribution is -2.37. The van der Waals surface area contributed by atoms with E-state index in [2.05, 4.69) is 62.5 Å². The van der Waals surface area contributed by atoms with Crippen molar-refractivity contribution >= 4 is 19.8 Å². The Morgan fingerprint density at radius 1 is 0.388 bits per heavy atom. The van der Waals surface area contributed by atoms with E-state index < -0.39 is 26.5 Å². The molecule has 0 rings (SSSR count). The smallest absolute Gasteiger partial charge is 0.462 e. The van der Waals surface area contributed by atoms with E-state index in [0.29, 0.717) is 17.4 Å². The fraction of sp³-hybridized carbons (Fsp3) is 0.857. The molecule has 0 saturated carbocycles. The third-order valence-corrected chi connectivity index (χ3v) is 16.3. The normalized spacial score (nSPS) is 13.4. The van der Waals surface area contributed by atoms with Gasteiger partial charge in [0.2, 0.25) is 0 Å². The van der Waals surface area contributed by atoms with Crippen LogP contribution in [-0.4, -0.2) is 74.9 Å². The number of ether oxygens (including phenoxy) is 2. The molecule has 0 spiro atoms. The number of unbranched alkanes of at least 4 members (excludes halogenated alkanes) is 42. The van der Waals surface area contributed by atoms with Gasteiger partial charge in [-0.05, 0) is 77.0 Å². The van der Waals surface area contributed by atoms with Crippen LogP contribution in [0, 0.1) is 0 Å². The number of phosphoric acid groups is 1. The molecule has 0 amide bonds. The van der Waals surface area contributed by atoms with E-state index in [1.807, 2.05) is 21.1 Å². The number of hydrogen-bond donors (Lipinski definition) is 1. The van der Waals surface area contributed by atoms with Gasteiger partial charge in [0.25, 0.3) is 0 Å². The summed E-state index contributed by atoms with van der Waals surface area (Å²) < 4.78 is 34.6. The fourth-order valence-corrected chi connectivity index (χ4v) is 10.8. The number of allylic oxidation sites excluding steroid dienone is 8. The summed E-state index contributed by atoms with van der Waals surface area (Å²) in [4.78, 5) is 35.8. The SMILES string of the molecule is CCCCC/C=C\C/C=C\CCCCCCCCCC(=O)OCC(COP(=O)(O)OCC[N+](C)(C)C)OC(=O)CCCCCCCCCCCCCCCCCCCCCCCCCCCCC/C=C\C/C=C\CCCCCCC. The Morgan fingerprint density at radius 2 is 0.675 bits per heavy atom. The summed E-state index contributed by atoms with van der Waals surface area (Å²) in [5, 5.41) is 0. The predicted molar refractivity (Wildman–Crippen MR) is 344 cm³/mol. The highest BCUT2D eigenvalue weighted by molar-refractivity contribution is 7.47. The number of carbonyl (C=O) groups is 2. The summed E-state index contributed by atoms with van der Waals surface area (Å²) in [6, 6.07) is 0. The number of quaternary nitrogens is 1. The van der Waals surface area contributed by atoms with Crippen molar-refractivity contribution in [3.63, 3.8) is 0 Å². The number of rotatable bonds is 64. The van der Waals surface area contributed by atoms with Gasteiger partial charge in [-0.2, -0.15) is 0 Å². The predicted octanol–water partition coefficient (Wildman–Crippen LogP) is 22.1. The second kappa shape index (κ2) is 61.5. The van der Waals surface area contributed by atoms with Crippen LogP contribution in [0.4, 0.5) is 0 Å². The molecule has 9 nitrogen and oxygen atoms in total. The molecule has 10 heteroatoms. The molecule has 2 unspecified atom stereocenters. The molecule has 0 aromatic carbocycles. The average Bonchev–Trinajstić information content (AvgIpc) is 3.42. The monoisotopic (exact) mass is 1150 g/mol. The molecule has 0 aliphatic carbocycles. The van der Waals surface area contributed by atoms with E-state index >= 15 is 0 Å². The van der Waals surface area contributed by atoms with Crippen molar-refractivity contribution in [2.75, 3.05) is 47.5 Å². The van der Waals surface area contributed by atoms with E-state index in [0.717, 1.165) is 57.8 Å². The number of phosphoric ester groups is 1. The van der Waals surface area contributed by atoms with Gasteiger partial charge in [-0.3, -0.25) is 18.6 Å². The van der Waals surface area contributed by atoms with Crippen molar-refractivity contribution in [1.82, 2.24) is 0 Å². The van der Waals surface area contributed by atoms with E-state index in [4.69, 9.17) is 18.5 Å². The largest absolute Gasteiger partial charge is 0.472 e. The van der Waals surface area contributed by atoms with Crippen LogP contribution in [0.3, 0.4) is 0 Å². The molecule has 0 aromatic rings. The van der Waals surface area contributed by atoms with E-state index in [1.165, 1.54) is 244 Å². The molecule has 80 heavy (non-hydrogen) atoms. The number of nitrogens with zero attached hydrogens (tertiary/aromatic N) is 1. The lowest BCUT2D eigenvalue weighted by Gasteiger charge is -2.24. The topological polar surface area (TPSA) is 108 Å². The van der Waals surface area contributed by atoms with Crippen LogP contribution >= 0.6 is 7.82 Å². The molecular weight excluding hydrogens is 1010 g/mol. The first-order valence-corrected chi connectivity index (χ1v) is 35.9. The molecule has 0 aromatic heterocycles. The van der Waals surface area contributed by atoms with Gasteiger partial charge in [0.15, 0.2) is 6.10 Å². The summed E-state index contributed by atoms with van der Waals surface area (Å²) in [7, 11) is 1.49. The number of hydrogen-bond acceptors (Lipinski definition) is 7. The summed E-state index contributed by atoms with van der Waals surface area (Å²) >= 11 is 0. The second-order valence-corrected chi connectivity index (χ2v) is 26.0. The Balaban J connectivity index is 3.90. The number of esters is 2. The van der Waals surface area contributed by atoms with Crippen LogP contribution in [-0.2, 0) is 32.7 Å². The van der Waals surface area contributed by atoms with Crippen molar-refractivity contribution in [2.45, 2.75) is 341 Å². The van der Waals surface area contributed by atoms with Gasteiger partial charge in [-0.25, -0.2) is 4.57 Å². The number of carbonyl (C=O) groups excluding carboxylic acids is 2. The Labute approximate surface area is 496 Å². The van der Waals surface area contributed by atoms with Crippen molar-refractivity contribution in [1.29, 1.82) is 0 Å². The maximum absolute atomic E-state index is 12.9. The van der Waals surface area contributed by atoms with Gasteiger partial charge in [-0.1, -0.05) is 294 Å². The third-order valence-electron chi connectivity index (χ3n) is 15.3. The Kier molecular flexibility index (Phi) is 60.0. The summed E-state index contributed by atoms with van der Waals surface area (Å²) in [5.41, 5.74) is 0. The van der Waals surface area contributed by atoms with Crippen molar-refractivity contribution < 1.29 is 42.1 Å². The lowest BCUT2D eigenvalue weighted by molar-refractivity contribution is -0.870. The lowest BCUT2D eigenvalue weighted by atomic mass is 10.0. The fourth-order valence-electron chi connectivity index (χ4n) is 10.0. The van der Waals surface area contributed by atoms with Crippen molar-refractivity contribution in [2.24, 2.45) is 0 Å². The van der Waals surface area contributed by atoms with Crippen molar-refractivity contribution in [3.8, 4) is 0 Å². The molecule has 2 atom stereocenters. The zero-order valence-electron chi connectivity index (χ0n) is 53.6. The molecule has 0 aliphatic rings. The Hall–Kier alpha value is -2.03. The minimum Gasteiger partial charge on any atom is -0.462 e. The molecule has 1 N–H and O–H groups in total. The number of likely N-dealkylation sites (N-methyl/N-ethyl adjacent to an activating group) is 1. The van der Waals surface area contributed by atoms with Crippen LogP contribution in [0.2, 0.25) is 0 Å². The highest BCUT2D eigenvalue weighted by atomic mass is 31.2. The molecule has 0 aliphatic heterocycles. The minimum absolute atomic E-state index is 0.0317. The van der Waals surface area contributed by atoms with E-state index in [-0.39, 0.29) is 32.0 Å². The molecule has 0 heterocycles. The highest BCUT2D eigenvalue weighted by Gasteiger charge is 2.27. The molecular formula is C70H133NO8P+. The summed E-state index contributed by atoms with van der Waals surface area (Å²) in [6.45, 7) is 4.43. The van der Waals surface area contributed by atoms with Crippen LogP contribution in [0.15, 0.2) is 48.6 Å². The molecule has 0 fully saturated rings.